The van der Waals surface area contributed by atoms with Gasteiger partial charge in [-0.05, 0) is 68.7 Å². The number of nitrogens with one attached hydrogen (secondary N) is 2. The third kappa shape index (κ3) is 6.29. The Hall–Kier alpha value is -3.46. The van der Waals surface area contributed by atoms with Crippen LogP contribution in [0, 0.1) is 13.8 Å². The summed E-state index contributed by atoms with van der Waals surface area (Å²) in [5.74, 6) is 0.591. The highest BCUT2D eigenvalue weighted by atomic mass is 32.2. The van der Waals surface area contributed by atoms with Gasteiger partial charge in [-0.3, -0.25) is 4.79 Å². The molecule has 0 saturated heterocycles. The second kappa shape index (κ2) is 9.99. The highest BCUT2D eigenvalue weighted by Gasteiger charge is 2.19. The third-order valence-electron chi connectivity index (χ3n) is 4.85. The molecule has 9 heteroatoms. The van der Waals surface area contributed by atoms with E-state index in [1.165, 1.54) is 24.3 Å². The van der Waals surface area contributed by atoms with Crippen molar-refractivity contribution in [2.75, 3.05) is 10.0 Å². The quantitative estimate of drug-likeness (QED) is 0.506. The molecule has 0 unspecified atom stereocenters. The van der Waals surface area contributed by atoms with E-state index in [0.717, 1.165) is 5.56 Å². The Morgan fingerprint density at radius 2 is 1.55 bits per heavy atom. The predicted octanol–water partition coefficient (Wildman–Crippen LogP) is 4.42. The number of sulfonamides is 1. The molecule has 8 nitrogen and oxygen atoms in total. The molecule has 0 aliphatic carbocycles. The largest absolute Gasteiger partial charge is 0.481 e. The van der Waals surface area contributed by atoms with Gasteiger partial charge in [0.25, 0.3) is 15.9 Å². The normalized spacial score (nSPS) is 12.3. The maximum atomic E-state index is 12.7. The van der Waals surface area contributed by atoms with E-state index in [-0.39, 0.29) is 22.7 Å². The minimum Gasteiger partial charge on any atom is -0.481 e. The van der Waals surface area contributed by atoms with Crippen LogP contribution in [0.2, 0.25) is 0 Å². The number of hydrogen-bond donors (Lipinski definition) is 2. The molecule has 0 radical (unpaired) electrons. The Kier molecular flexibility index (Phi) is 7.33. The van der Waals surface area contributed by atoms with Crippen LogP contribution in [-0.2, 0) is 14.8 Å². The van der Waals surface area contributed by atoms with Crippen LogP contribution >= 0.6 is 0 Å². The zero-order chi connectivity index (χ0) is 24.2. The van der Waals surface area contributed by atoms with Gasteiger partial charge in [-0.15, -0.1) is 0 Å². The van der Waals surface area contributed by atoms with Crippen molar-refractivity contribution in [2.45, 2.75) is 51.5 Å². The Balaban J connectivity index is 1.67. The van der Waals surface area contributed by atoms with Crippen LogP contribution in [-0.4, -0.2) is 30.4 Å². The Labute approximate surface area is 194 Å². The maximum absolute atomic E-state index is 12.7. The van der Waals surface area contributed by atoms with Gasteiger partial charge in [-0.25, -0.2) is 23.1 Å². The monoisotopic (exact) mass is 468 g/mol. The number of para-hydroxylation sites is 1. The summed E-state index contributed by atoms with van der Waals surface area (Å²) in [6.45, 7) is 9.30. The zero-order valence-corrected chi connectivity index (χ0v) is 20.1. The molecule has 0 aliphatic heterocycles. The van der Waals surface area contributed by atoms with Crippen LogP contribution in [0.5, 0.6) is 5.75 Å². The number of amides is 1. The van der Waals surface area contributed by atoms with Crippen molar-refractivity contribution in [2.24, 2.45) is 0 Å². The summed E-state index contributed by atoms with van der Waals surface area (Å²) < 4.78 is 33.6. The standard InChI is InChI=1S/C24H28N4O4S/c1-15(2)21-8-6-7-9-22(21)32-18(5)23(29)27-19-10-12-20(13-11-19)33(30,31)28-24-25-16(3)14-17(4)26-24/h6-15,18H,1-5H3,(H,27,29)(H,25,26,28)/t18-/m1/s1. The van der Waals surface area contributed by atoms with E-state index in [4.69, 9.17) is 4.74 Å². The lowest BCUT2D eigenvalue weighted by Crippen LogP contribution is -2.30. The second-order valence-electron chi connectivity index (χ2n) is 8.05. The van der Waals surface area contributed by atoms with E-state index in [1.54, 1.807) is 26.8 Å². The van der Waals surface area contributed by atoms with E-state index in [2.05, 4.69) is 33.9 Å². The van der Waals surface area contributed by atoms with Crippen molar-refractivity contribution < 1.29 is 17.9 Å². The van der Waals surface area contributed by atoms with Crippen LogP contribution < -0.4 is 14.8 Å². The maximum Gasteiger partial charge on any atom is 0.265 e. The van der Waals surface area contributed by atoms with Gasteiger partial charge in [-0.1, -0.05) is 32.0 Å². The Bertz CT molecular complexity index is 1220. The van der Waals surface area contributed by atoms with Gasteiger partial charge in [0.1, 0.15) is 5.75 Å². The third-order valence-corrected chi connectivity index (χ3v) is 6.20. The lowest BCUT2D eigenvalue weighted by molar-refractivity contribution is -0.122. The number of hydrogen-bond acceptors (Lipinski definition) is 6. The van der Waals surface area contributed by atoms with Crippen molar-refractivity contribution in [3.05, 3.63) is 71.5 Å². The first-order valence-electron chi connectivity index (χ1n) is 10.6. The van der Waals surface area contributed by atoms with Crippen LogP contribution in [0.15, 0.2) is 59.5 Å². The first-order chi connectivity index (χ1) is 15.5. The summed E-state index contributed by atoms with van der Waals surface area (Å²) in [5.41, 5.74) is 2.79. The molecule has 33 heavy (non-hydrogen) atoms. The first-order valence-corrected chi connectivity index (χ1v) is 12.0. The molecular formula is C24H28N4O4S. The van der Waals surface area contributed by atoms with Crippen LogP contribution in [0.1, 0.15) is 43.6 Å². The molecule has 1 atom stereocenters. The molecule has 174 valence electrons. The van der Waals surface area contributed by atoms with Gasteiger partial charge < -0.3 is 10.1 Å². The van der Waals surface area contributed by atoms with Crippen molar-refractivity contribution in [3.8, 4) is 5.75 Å². The molecular weight excluding hydrogens is 440 g/mol. The average Bonchev–Trinajstić information content (AvgIpc) is 2.73. The molecule has 0 fully saturated rings. The van der Waals surface area contributed by atoms with Gasteiger partial charge in [0.05, 0.1) is 4.90 Å². The van der Waals surface area contributed by atoms with E-state index in [1.807, 2.05) is 24.3 Å². The fraction of sp³-hybridized carbons (Fsp3) is 0.292. The van der Waals surface area contributed by atoms with Gasteiger partial charge >= 0.3 is 0 Å². The fourth-order valence-corrected chi connectivity index (χ4v) is 4.16. The number of aromatic nitrogens is 2. The summed E-state index contributed by atoms with van der Waals surface area (Å²) in [4.78, 5) is 20.8. The molecule has 3 aromatic rings. The summed E-state index contributed by atoms with van der Waals surface area (Å²) in [6, 6.07) is 15.2. The predicted molar refractivity (Wildman–Crippen MR) is 128 cm³/mol. The fourth-order valence-electron chi connectivity index (χ4n) is 3.22. The smallest absolute Gasteiger partial charge is 0.265 e. The molecule has 3 rings (SSSR count). The van der Waals surface area contributed by atoms with Crippen LogP contribution in [0.4, 0.5) is 11.6 Å². The van der Waals surface area contributed by atoms with Crippen molar-refractivity contribution in [1.29, 1.82) is 0 Å². The number of nitrogens with zero attached hydrogens (tertiary/aromatic N) is 2. The molecule has 2 N–H and O–H groups in total. The van der Waals surface area contributed by atoms with Crippen LogP contribution in [0.3, 0.4) is 0 Å². The molecule has 0 bridgehead atoms. The number of aryl methyl sites for hydroxylation is 2. The lowest BCUT2D eigenvalue weighted by Gasteiger charge is -2.18. The zero-order valence-electron chi connectivity index (χ0n) is 19.3. The number of carbonyl (C=O) groups is 1. The molecule has 1 heterocycles. The van der Waals surface area contributed by atoms with Gasteiger partial charge in [0, 0.05) is 17.1 Å². The number of benzene rings is 2. The molecule has 1 amide bonds. The Morgan fingerprint density at radius 3 is 2.15 bits per heavy atom. The molecule has 1 aromatic heterocycles. The number of rotatable bonds is 8. The minimum atomic E-state index is -3.87. The van der Waals surface area contributed by atoms with E-state index in [9.17, 15) is 13.2 Å². The summed E-state index contributed by atoms with van der Waals surface area (Å²) in [6.07, 6.45) is -0.739. The van der Waals surface area contributed by atoms with Gasteiger partial charge in [-0.2, -0.15) is 0 Å². The highest BCUT2D eigenvalue weighted by molar-refractivity contribution is 7.92. The van der Waals surface area contributed by atoms with Crippen molar-refractivity contribution in [3.63, 3.8) is 0 Å². The second-order valence-corrected chi connectivity index (χ2v) is 9.73. The van der Waals surface area contributed by atoms with E-state index >= 15 is 0 Å². The van der Waals surface area contributed by atoms with Crippen molar-refractivity contribution in [1.82, 2.24) is 9.97 Å². The first kappa shape index (κ1) is 24.2. The molecule has 0 spiro atoms. The summed E-state index contributed by atoms with van der Waals surface area (Å²) in [7, 11) is -3.87. The number of carbonyl (C=O) groups excluding carboxylic acids is 1. The molecule has 0 aliphatic rings. The molecule has 0 saturated carbocycles. The number of anilines is 2. The lowest BCUT2D eigenvalue weighted by atomic mass is 10.0. The average molecular weight is 469 g/mol. The van der Waals surface area contributed by atoms with E-state index in [0.29, 0.717) is 22.8 Å². The SMILES string of the molecule is Cc1cc(C)nc(NS(=O)(=O)c2ccc(NC(=O)[C@@H](C)Oc3ccccc3C(C)C)cc2)n1. The Morgan fingerprint density at radius 1 is 0.939 bits per heavy atom. The van der Waals surface area contributed by atoms with E-state index < -0.39 is 16.1 Å². The van der Waals surface area contributed by atoms with Gasteiger partial charge in [0.15, 0.2) is 6.10 Å². The molecule has 2 aromatic carbocycles. The van der Waals surface area contributed by atoms with Crippen LogP contribution in [0.25, 0.3) is 0 Å². The minimum absolute atomic E-state index is 0.0116. The number of ether oxygens (including phenoxy) is 1. The summed E-state index contributed by atoms with van der Waals surface area (Å²) >= 11 is 0. The topological polar surface area (TPSA) is 110 Å². The summed E-state index contributed by atoms with van der Waals surface area (Å²) in [5, 5.41) is 2.75. The van der Waals surface area contributed by atoms with Gasteiger partial charge in [0.2, 0.25) is 5.95 Å². The highest BCUT2D eigenvalue weighted by Crippen LogP contribution is 2.27. The van der Waals surface area contributed by atoms with Crippen molar-refractivity contribution >= 4 is 27.6 Å².